The van der Waals surface area contributed by atoms with E-state index in [9.17, 15) is 9.59 Å². The molecule has 1 unspecified atom stereocenters. The van der Waals surface area contributed by atoms with E-state index in [0.29, 0.717) is 16.7 Å². The highest BCUT2D eigenvalue weighted by Crippen LogP contribution is 2.31. The molecule has 0 aliphatic rings. The Labute approximate surface area is 149 Å². The number of aromatic amines is 2. The molecule has 25 heavy (non-hydrogen) atoms. The lowest BCUT2D eigenvalue weighted by molar-refractivity contribution is -0.115. The van der Waals surface area contributed by atoms with Gasteiger partial charge in [-0.25, -0.2) is 14.8 Å². The molecular weight excluding hydrogens is 358 g/mol. The Kier molecular flexibility index (Phi) is 4.02. The lowest BCUT2D eigenvalue weighted by atomic mass is 10.2. The minimum atomic E-state index is -0.332. The maximum absolute atomic E-state index is 12.5. The first-order valence-electron chi connectivity index (χ1n) is 7.48. The van der Waals surface area contributed by atoms with Crippen molar-refractivity contribution < 1.29 is 4.79 Å². The second-order valence-electron chi connectivity index (χ2n) is 5.40. The molecule has 0 spiro atoms. The van der Waals surface area contributed by atoms with Crippen molar-refractivity contribution in [3.05, 3.63) is 46.5 Å². The van der Waals surface area contributed by atoms with Crippen LogP contribution < -0.4 is 11.0 Å². The smallest absolute Gasteiger partial charge is 0.323 e. The molecule has 4 rings (SSSR count). The van der Waals surface area contributed by atoms with E-state index in [1.54, 1.807) is 29.5 Å². The van der Waals surface area contributed by atoms with Gasteiger partial charge in [-0.1, -0.05) is 11.8 Å². The zero-order chi connectivity index (χ0) is 17.4. The van der Waals surface area contributed by atoms with Crippen LogP contribution in [0.5, 0.6) is 0 Å². The fourth-order valence-corrected chi connectivity index (χ4v) is 4.26. The third-order valence-electron chi connectivity index (χ3n) is 3.65. The maximum Gasteiger partial charge on any atom is 0.323 e. The molecule has 0 bridgehead atoms. The van der Waals surface area contributed by atoms with Crippen LogP contribution in [-0.4, -0.2) is 31.1 Å². The number of aromatic nitrogens is 4. The number of carbonyl (C=O) groups excluding carboxylic acids is 1. The monoisotopic (exact) mass is 371 g/mol. The molecule has 3 aromatic heterocycles. The van der Waals surface area contributed by atoms with Gasteiger partial charge in [0, 0.05) is 5.69 Å². The van der Waals surface area contributed by atoms with E-state index in [0.717, 1.165) is 15.2 Å². The summed E-state index contributed by atoms with van der Waals surface area (Å²) in [5, 5.41) is 5.30. The number of nitrogens with one attached hydrogen (secondary N) is 3. The zero-order valence-electron chi connectivity index (χ0n) is 13.1. The number of carbonyl (C=O) groups is 1. The molecule has 0 aliphatic carbocycles. The van der Waals surface area contributed by atoms with Crippen LogP contribution in [0.15, 0.2) is 45.8 Å². The van der Waals surface area contributed by atoms with Crippen LogP contribution in [0.4, 0.5) is 5.69 Å². The van der Waals surface area contributed by atoms with Crippen LogP contribution in [-0.2, 0) is 4.79 Å². The Morgan fingerprint density at radius 2 is 2.08 bits per heavy atom. The number of thiophene rings is 1. The van der Waals surface area contributed by atoms with E-state index in [1.807, 2.05) is 18.4 Å². The predicted octanol–water partition coefficient (Wildman–Crippen LogP) is 2.98. The summed E-state index contributed by atoms with van der Waals surface area (Å²) in [4.78, 5) is 37.6. The number of H-pyrrole nitrogens is 2. The van der Waals surface area contributed by atoms with E-state index in [4.69, 9.17) is 0 Å². The number of benzene rings is 1. The predicted molar refractivity (Wildman–Crippen MR) is 100 cm³/mol. The average molecular weight is 371 g/mol. The highest BCUT2D eigenvalue weighted by Gasteiger charge is 2.18. The van der Waals surface area contributed by atoms with E-state index in [2.05, 4.69) is 25.3 Å². The number of hydrogen-bond donors (Lipinski definition) is 3. The van der Waals surface area contributed by atoms with Crippen molar-refractivity contribution in [1.29, 1.82) is 0 Å². The van der Waals surface area contributed by atoms with E-state index < -0.39 is 0 Å². The number of nitrogens with zero attached hydrogens (tertiary/aromatic N) is 2. The van der Waals surface area contributed by atoms with Crippen molar-refractivity contribution >= 4 is 55.9 Å². The summed E-state index contributed by atoms with van der Waals surface area (Å²) in [6.45, 7) is 1.83. The highest BCUT2D eigenvalue weighted by atomic mass is 32.2. The van der Waals surface area contributed by atoms with Gasteiger partial charge in [-0.2, -0.15) is 0 Å². The summed E-state index contributed by atoms with van der Waals surface area (Å²) < 4.78 is 0.985. The number of anilines is 1. The van der Waals surface area contributed by atoms with E-state index in [1.165, 1.54) is 18.1 Å². The maximum atomic E-state index is 12.5. The highest BCUT2D eigenvalue weighted by molar-refractivity contribution is 8.00. The van der Waals surface area contributed by atoms with Crippen molar-refractivity contribution in [3.63, 3.8) is 0 Å². The van der Waals surface area contributed by atoms with Gasteiger partial charge in [-0.15, -0.1) is 11.3 Å². The Bertz CT molecular complexity index is 1130. The van der Waals surface area contributed by atoms with Gasteiger partial charge in [0.15, 0.2) is 0 Å². The molecule has 3 N–H and O–H groups in total. The molecule has 1 amide bonds. The normalized spacial score (nSPS) is 12.5. The molecule has 0 radical (unpaired) electrons. The van der Waals surface area contributed by atoms with Gasteiger partial charge in [0.1, 0.15) is 11.4 Å². The Morgan fingerprint density at radius 1 is 1.24 bits per heavy atom. The van der Waals surface area contributed by atoms with Crippen LogP contribution in [0.2, 0.25) is 0 Å². The summed E-state index contributed by atoms with van der Waals surface area (Å²) in [5.74, 6) is -0.134. The second-order valence-corrected chi connectivity index (χ2v) is 7.65. The van der Waals surface area contributed by atoms with E-state index in [-0.39, 0.29) is 16.8 Å². The molecule has 4 aromatic rings. The summed E-state index contributed by atoms with van der Waals surface area (Å²) in [5.41, 5.74) is 2.60. The summed E-state index contributed by atoms with van der Waals surface area (Å²) in [6, 6.07) is 7.16. The molecule has 3 heterocycles. The van der Waals surface area contributed by atoms with Gasteiger partial charge in [0.25, 0.3) is 0 Å². The van der Waals surface area contributed by atoms with Gasteiger partial charge < -0.3 is 15.3 Å². The van der Waals surface area contributed by atoms with Gasteiger partial charge >= 0.3 is 5.69 Å². The Hall–Kier alpha value is -2.65. The zero-order valence-corrected chi connectivity index (χ0v) is 14.7. The fraction of sp³-hybridized carbons (Fsp3) is 0.125. The largest absolute Gasteiger partial charge is 0.325 e. The van der Waals surface area contributed by atoms with E-state index >= 15 is 0 Å². The molecule has 7 nitrogen and oxygen atoms in total. The summed E-state index contributed by atoms with van der Waals surface area (Å²) in [7, 11) is 0. The van der Waals surface area contributed by atoms with Crippen LogP contribution in [0.25, 0.3) is 21.3 Å². The van der Waals surface area contributed by atoms with Crippen LogP contribution in [0, 0.1) is 0 Å². The second kappa shape index (κ2) is 6.34. The number of hydrogen-bond acceptors (Lipinski definition) is 6. The van der Waals surface area contributed by atoms with Crippen LogP contribution in [0.1, 0.15) is 6.92 Å². The summed E-state index contributed by atoms with van der Waals surface area (Å²) >= 11 is 2.96. The first-order valence-corrected chi connectivity index (χ1v) is 9.24. The minimum Gasteiger partial charge on any atom is -0.325 e. The standard InChI is InChI=1S/C16H13N5O2S2/c1-8(25-15-13-11(4-5-24-13)17-7-18-15)14(22)19-9-2-3-10-12(6-9)21-16(23)20-10/h2-8H,1H3,(H,19,22)(H2,20,21,23). The lowest BCUT2D eigenvalue weighted by Crippen LogP contribution is -2.22. The van der Waals surface area contributed by atoms with Gasteiger partial charge in [0.05, 0.1) is 26.5 Å². The number of rotatable bonds is 4. The minimum absolute atomic E-state index is 0.134. The first kappa shape index (κ1) is 15.9. The summed E-state index contributed by atoms with van der Waals surface area (Å²) in [6.07, 6.45) is 1.51. The number of thioether (sulfide) groups is 1. The number of fused-ring (bicyclic) bond motifs is 2. The van der Waals surface area contributed by atoms with Gasteiger partial charge in [-0.05, 0) is 36.6 Å². The van der Waals surface area contributed by atoms with Crippen molar-refractivity contribution in [2.24, 2.45) is 0 Å². The molecule has 1 atom stereocenters. The molecule has 0 saturated heterocycles. The molecule has 1 aromatic carbocycles. The van der Waals surface area contributed by atoms with Crippen LogP contribution >= 0.6 is 23.1 Å². The lowest BCUT2D eigenvalue weighted by Gasteiger charge is -2.12. The van der Waals surface area contributed by atoms with Gasteiger partial charge in [0.2, 0.25) is 5.91 Å². The topological polar surface area (TPSA) is 104 Å². The van der Waals surface area contributed by atoms with Crippen molar-refractivity contribution in [3.8, 4) is 0 Å². The molecule has 0 saturated carbocycles. The fourth-order valence-electron chi connectivity index (χ4n) is 2.43. The average Bonchev–Trinajstić information content (AvgIpc) is 3.20. The third kappa shape index (κ3) is 3.15. The number of amides is 1. The van der Waals surface area contributed by atoms with Crippen LogP contribution in [0.3, 0.4) is 0 Å². The Balaban J connectivity index is 1.51. The third-order valence-corrected chi connectivity index (χ3v) is 5.79. The molecule has 0 aliphatic heterocycles. The van der Waals surface area contributed by atoms with Crippen molar-refractivity contribution in [1.82, 2.24) is 19.9 Å². The SMILES string of the molecule is CC(Sc1ncnc2ccsc12)C(=O)Nc1ccc2[nH]c(=O)[nH]c2c1. The van der Waals surface area contributed by atoms with Gasteiger partial charge in [-0.3, -0.25) is 4.79 Å². The molecule has 0 fully saturated rings. The number of imidazole rings is 1. The first-order chi connectivity index (χ1) is 12.1. The Morgan fingerprint density at radius 3 is 2.96 bits per heavy atom. The molecular formula is C16H13N5O2S2. The molecule has 126 valence electrons. The molecule has 9 heteroatoms. The van der Waals surface area contributed by atoms with Crippen molar-refractivity contribution in [2.75, 3.05) is 5.32 Å². The van der Waals surface area contributed by atoms with Crippen molar-refractivity contribution in [2.45, 2.75) is 17.2 Å². The quantitative estimate of drug-likeness (QED) is 0.378.